The smallest absolute Gasteiger partial charge is 0.257 e. The lowest BCUT2D eigenvalue weighted by atomic mass is 9.99. The maximum absolute atomic E-state index is 12.9. The molecular weight excluding hydrogens is 458 g/mol. The number of carbonyl (C=O) groups is 1. The molecule has 0 aliphatic carbocycles. The van der Waals surface area contributed by atoms with Gasteiger partial charge in [-0.2, -0.15) is 0 Å². The van der Waals surface area contributed by atoms with E-state index in [2.05, 4.69) is 10.3 Å². The van der Waals surface area contributed by atoms with Crippen molar-refractivity contribution >= 4 is 49.7 Å². The average Bonchev–Trinajstić information content (AvgIpc) is 2.79. The molecule has 0 spiro atoms. The Kier molecular flexibility index (Phi) is 5.31. The number of halogens is 1. The zero-order chi connectivity index (χ0) is 23.2. The monoisotopic (exact) mass is 477 g/mol. The number of rotatable bonds is 4. The van der Waals surface area contributed by atoms with E-state index in [0.29, 0.717) is 17.9 Å². The zero-order valence-electron chi connectivity index (χ0n) is 17.7. The Labute approximate surface area is 196 Å². The molecule has 33 heavy (non-hydrogen) atoms. The molecular formula is C25H20ClN3O3S. The van der Waals surface area contributed by atoms with Crippen molar-refractivity contribution in [3.05, 3.63) is 89.1 Å². The van der Waals surface area contributed by atoms with E-state index >= 15 is 0 Å². The van der Waals surface area contributed by atoms with Crippen LogP contribution in [0, 0.1) is 6.92 Å². The number of carbonyl (C=O) groups excluding carboxylic acids is 1. The third-order valence-corrected chi connectivity index (χ3v) is 7.87. The van der Waals surface area contributed by atoms with Gasteiger partial charge in [0.15, 0.2) is 0 Å². The van der Waals surface area contributed by atoms with Gasteiger partial charge in [0.25, 0.3) is 5.91 Å². The van der Waals surface area contributed by atoms with Crippen molar-refractivity contribution in [1.82, 2.24) is 4.98 Å². The summed E-state index contributed by atoms with van der Waals surface area (Å²) in [6.45, 7) is 2.42. The van der Waals surface area contributed by atoms with E-state index in [-0.39, 0.29) is 22.2 Å². The van der Waals surface area contributed by atoms with Crippen LogP contribution in [0.3, 0.4) is 0 Å². The van der Waals surface area contributed by atoms with Crippen LogP contribution < -0.4 is 9.62 Å². The molecule has 0 radical (unpaired) electrons. The topological polar surface area (TPSA) is 79.4 Å². The highest BCUT2D eigenvalue weighted by Crippen LogP contribution is 2.32. The fraction of sp³-hybridized carbons (Fsp3) is 0.120. The number of pyridine rings is 1. The number of aromatic nitrogens is 1. The highest BCUT2D eigenvalue weighted by Gasteiger charge is 2.33. The molecule has 0 saturated carbocycles. The van der Waals surface area contributed by atoms with E-state index in [1.807, 2.05) is 55.5 Å². The minimum absolute atomic E-state index is 0.119. The summed E-state index contributed by atoms with van der Waals surface area (Å²) in [6.07, 6.45) is 1.78. The van der Waals surface area contributed by atoms with Gasteiger partial charge in [0.1, 0.15) is 0 Å². The summed E-state index contributed by atoms with van der Waals surface area (Å²) >= 11 is 6.33. The molecule has 2 heterocycles. The average molecular weight is 478 g/mol. The quantitative estimate of drug-likeness (QED) is 0.434. The molecule has 1 aliphatic rings. The molecule has 166 valence electrons. The van der Waals surface area contributed by atoms with E-state index in [4.69, 9.17) is 11.6 Å². The molecule has 0 bridgehead atoms. The van der Waals surface area contributed by atoms with E-state index in [9.17, 15) is 13.2 Å². The van der Waals surface area contributed by atoms with Crippen molar-refractivity contribution in [1.29, 1.82) is 0 Å². The highest BCUT2D eigenvalue weighted by molar-refractivity contribution is 7.94. The number of aryl methyl sites for hydroxylation is 1. The fourth-order valence-electron chi connectivity index (χ4n) is 3.95. The van der Waals surface area contributed by atoms with Gasteiger partial charge in [0.2, 0.25) is 10.0 Å². The van der Waals surface area contributed by atoms with E-state index in [1.165, 1.54) is 10.4 Å². The molecule has 6 nitrogen and oxygen atoms in total. The van der Waals surface area contributed by atoms with Crippen molar-refractivity contribution in [3.63, 3.8) is 0 Å². The molecule has 0 atom stereocenters. The predicted octanol–water partition coefficient (Wildman–Crippen LogP) is 5.27. The molecule has 0 unspecified atom stereocenters. The zero-order valence-corrected chi connectivity index (χ0v) is 19.3. The van der Waals surface area contributed by atoms with Gasteiger partial charge in [-0.1, -0.05) is 41.9 Å². The Morgan fingerprint density at radius 1 is 1.06 bits per heavy atom. The summed E-state index contributed by atoms with van der Waals surface area (Å²) in [6, 6.07) is 20.3. The minimum Gasteiger partial charge on any atom is -0.322 e. The number of hydrogen-bond acceptors (Lipinski definition) is 4. The second-order valence-electron chi connectivity index (χ2n) is 7.92. The second kappa shape index (κ2) is 8.17. The number of nitrogens with one attached hydrogen (secondary N) is 1. The molecule has 5 rings (SSSR count). The minimum atomic E-state index is -3.26. The molecule has 4 aromatic rings. The van der Waals surface area contributed by atoms with Crippen molar-refractivity contribution in [2.75, 3.05) is 21.9 Å². The standard InChI is InChI=1S/C25H20ClN3O3S/c1-16-6-7-18(14-22(16)24-20-5-3-2-4-17(20)10-11-27-24)28-25(30)21-9-8-19(15-23(21)26)29-12-13-33(29,31)32/h2-11,14-15H,12-13H2,1H3,(H,28,30). The number of nitrogens with zero attached hydrogens (tertiary/aromatic N) is 2. The summed E-state index contributed by atoms with van der Waals surface area (Å²) in [5.74, 6) is -0.257. The molecule has 3 aromatic carbocycles. The van der Waals surface area contributed by atoms with Crippen LogP contribution >= 0.6 is 11.6 Å². The van der Waals surface area contributed by atoms with Crippen molar-refractivity contribution in [2.45, 2.75) is 6.92 Å². The Morgan fingerprint density at radius 2 is 1.88 bits per heavy atom. The number of anilines is 2. The molecule has 1 aliphatic heterocycles. The number of fused-ring (bicyclic) bond motifs is 1. The van der Waals surface area contributed by atoms with Crippen LogP contribution in [0.2, 0.25) is 5.02 Å². The Bertz CT molecular complexity index is 1510. The summed E-state index contributed by atoms with van der Waals surface area (Å²) in [5, 5.41) is 5.21. The molecule has 1 N–H and O–H groups in total. The maximum atomic E-state index is 12.9. The molecule has 1 saturated heterocycles. The molecule has 1 amide bonds. The number of amides is 1. The third kappa shape index (κ3) is 3.94. The third-order valence-electron chi connectivity index (χ3n) is 5.80. The van der Waals surface area contributed by atoms with E-state index in [0.717, 1.165) is 27.6 Å². The van der Waals surface area contributed by atoms with Gasteiger partial charge < -0.3 is 5.32 Å². The molecule has 1 aromatic heterocycles. The van der Waals surface area contributed by atoms with Gasteiger partial charge in [-0.15, -0.1) is 0 Å². The van der Waals surface area contributed by atoms with E-state index < -0.39 is 10.0 Å². The Morgan fingerprint density at radius 3 is 2.61 bits per heavy atom. The van der Waals surface area contributed by atoms with Crippen LogP contribution in [-0.2, 0) is 10.0 Å². The first-order valence-corrected chi connectivity index (χ1v) is 12.4. The van der Waals surface area contributed by atoms with Gasteiger partial charge in [0, 0.05) is 29.4 Å². The van der Waals surface area contributed by atoms with Gasteiger partial charge in [-0.3, -0.25) is 14.1 Å². The summed E-state index contributed by atoms with van der Waals surface area (Å²) in [4.78, 5) is 17.5. The number of benzene rings is 3. The van der Waals surface area contributed by atoms with Crippen molar-refractivity contribution in [3.8, 4) is 11.3 Å². The SMILES string of the molecule is Cc1ccc(NC(=O)c2ccc(N3CCS3(=O)=O)cc2Cl)cc1-c1nccc2ccccc12. The first-order chi connectivity index (χ1) is 15.8. The van der Waals surface area contributed by atoms with Crippen molar-refractivity contribution < 1.29 is 13.2 Å². The lowest BCUT2D eigenvalue weighted by molar-refractivity contribution is 0.102. The Hall–Kier alpha value is -3.42. The highest BCUT2D eigenvalue weighted by atomic mass is 35.5. The summed E-state index contributed by atoms with van der Waals surface area (Å²) in [7, 11) is -3.26. The van der Waals surface area contributed by atoms with E-state index in [1.54, 1.807) is 18.3 Å². The molecule has 8 heteroatoms. The lowest BCUT2D eigenvalue weighted by Crippen LogP contribution is -2.47. The van der Waals surface area contributed by atoms with Gasteiger partial charge in [-0.05, 0) is 54.3 Å². The van der Waals surface area contributed by atoms with Crippen LogP contribution in [0.5, 0.6) is 0 Å². The number of sulfonamides is 1. The first kappa shape index (κ1) is 21.4. The van der Waals surface area contributed by atoms with Crippen LogP contribution in [0.4, 0.5) is 11.4 Å². The van der Waals surface area contributed by atoms with Gasteiger partial charge in [-0.25, -0.2) is 8.42 Å². The number of hydrogen-bond donors (Lipinski definition) is 1. The fourth-order valence-corrected chi connectivity index (χ4v) is 5.31. The Balaban J connectivity index is 1.44. The summed E-state index contributed by atoms with van der Waals surface area (Å²) in [5.41, 5.74) is 4.15. The second-order valence-corrected chi connectivity index (χ2v) is 10.3. The summed E-state index contributed by atoms with van der Waals surface area (Å²) < 4.78 is 25.0. The largest absolute Gasteiger partial charge is 0.322 e. The maximum Gasteiger partial charge on any atom is 0.257 e. The molecule has 1 fully saturated rings. The van der Waals surface area contributed by atoms with Crippen LogP contribution in [0.1, 0.15) is 15.9 Å². The normalized spacial score (nSPS) is 14.7. The predicted molar refractivity (Wildman–Crippen MR) is 132 cm³/mol. The van der Waals surface area contributed by atoms with Crippen LogP contribution in [-0.4, -0.2) is 31.6 Å². The van der Waals surface area contributed by atoms with Crippen molar-refractivity contribution in [2.24, 2.45) is 0 Å². The van der Waals surface area contributed by atoms with Gasteiger partial charge >= 0.3 is 0 Å². The lowest BCUT2D eigenvalue weighted by Gasteiger charge is -2.32. The van der Waals surface area contributed by atoms with Crippen LogP contribution in [0.25, 0.3) is 22.0 Å². The van der Waals surface area contributed by atoms with Gasteiger partial charge in [0.05, 0.1) is 27.7 Å². The van der Waals surface area contributed by atoms with Crippen LogP contribution in [0.15, 0.2) is 72.9 Å². The first-order valence-electron chi connectivity index (χ1n) is 10.4.